The van der Waals surface area contributed by atoms with Crippen molar-refractivity contribution in [3.63, 3.8) is 0 Å². The van der Waals surface area contributed by atoms with Gasteiger partial charge in [-0.3, -0.25) is 0 Å². The lowest BCUT2D eigenvalue weighted by molar-refractivity contribution is 0.558. The van der Waals surface area contributed by atoms with E-state index in [0.717, 1.165) is 0 Å². The first kappa shape index (κ1) is 75.7. The minimum Gasteiger partial charge on any atom is -0.130 e. The molecule has 0 spiro atoms. The Morgan fingerprint density at radius 2 is 0.211 bits per heavy atom. The van der Waals surface area contributed by atoms with Crippen LogP contribution in [0.25, 0.3) is 0 Å². The van der Waals surface area contributed by atoms with Crippen molar-refractivity contribution < 1.29 is 0 Å². The topological polar surface area (TPSA) is 0 Å². The predicted octanol–water partition coefficient (Wildman–Crippen LogP) is 25.6. The molecular weight excluding hydrogens is 1250 g/mol. The van der Waals surface area contributed by atoms with Crippen LogP contribution in [0.3, 0.4) is 0 Å². The Morgan fingerprint density at radius 1 is 0.144 bits per heavy atom. The molecule has 0 saturated carbocycles. The summed E-state index contributed by atoms with van der Waals surface area (Å²) in [4.78, 5) is 0. The summed E-state index contributed by atoms with van der Waals surface area (Å²) in [6, 6.07) is 47.7. The van der Waals surface area contributed by atoms with Gasteiger partial charge in [-0.1, -0.05) is 358 Å². The summed E-state index contributed by atoms with van der Waals surface area (Å²) in [5.41, 5.74) is 22.7. The van der Waals surface area contributed by atoms with E-state index in [1.54, 1.807) is 0 Å². The van der Waals surface area contributed by atoms with Crippen LogP contribution in [0.5, 0.6) is 0 Å². The standard InChI is InChI=1S/C86H126Br2Si2/c1-73(2,3)55-37-56(74(4,5)6)44-67(43-55)85(68-45-57(75(7,8)9)38-58(46-68)76(10,11)12,69-47-59(77(13,14)15)39-60(48-69)78(16,17)18)89(87)90(88)86(70-49-61(79(19,20)21)40-62(50-70)80(22,23)24,71-51-63(81(25,26)27)41-64(52-71)82(28,29)30)72-53-65(83(31,32)33)42-66(54-72)84(34,35)36/h37-54H,1-36H3. The van der Waals surface area contributed by atoms with Gasteiger partial charge in [-0.25, -0.2) is 0 Å². The molecule has 0 aromatic heterocycles. The molecule has 0 unspecified atom stereocenters. The smallest absolute Gasteiger partial charge is 0.130 e. The number of hydrogen-bond donors (Lipinski definition) is 0. The summed E-state index contributed by atoms with van der Waals surface area (Å²) in [7, 11) is 0. The van der Waals surface area contributed by atoms with Crippen LogP contribution >= 0.6 is 30.6 Å². The van der Waals surface area contributed by atoms with Crippen LogP contribution in [0, 0.1) is 0 Å². The maximum Gasteiger partial charge on any atom is 0.159 e. The van der Waals surface area contributed by atoms with Gasteiger partial charge in [0, 0.05) is 10.1 Å². The summed E-state index contributed by atoms with van der Waals surface area (Å²) >= 11 is 10.8. The highest BCUT2D eigenvalue weighted by Gasteiger charge is 2.58. The Kier molecular flexibility index (Phi) is 20.5. The van der Waals surface area contributed by atoms with E-state index in [0.29, 0.717) is 0 Å². The third-order valence-corrected chi connectivity index (χ3v) is 41.8. The average molecular weight is 1380 g/mol. The van der Waals surface area contributed by atoms with Gasteiger partial charge in [-0.2, -0.15) is 0 Å². The summed E-state index contributed by atoms with van der Waals surface area (Å²) in [5, 5.41) is -1.51. The highest BCUT2D eigenvalue weighted by molar-refractivity contribution is 9.34. The molecule has 2 radical (unpaired) electrons. The van der Waals surface area contributed by atoms with Crippen molar-refractivity contribution in [3.8, 4) is 0 Å². The highest BCUT2D eigenvalue weighted by atomic mass is 79.9. The van der Waals surface area contributed by atoms with Gasteiger partial charge in [0.2, 0.25) is 0 Å². The second kappa shape index (κ2) is 24.4. The molecule has 0 heterocycles. The maximum absolute atomic E-state index is 5.40. The average Bonchev–Trinajstić information content (AvgIpc) is 0.700. The molecule has 4 heteroatoms. The lowest BCUT2D eigenvalue weighted by Crippen LogP contribution is -2.59. The molecular formula is C86H126Br2Si2. The van der Waals surface area contributed by atoms with Gasteiger partial charge in [0.05, 0.1) is 0 Å². The van der Waals surface area contributed by atoms with Crippen molar-refractivity contribution in [1.82, 2.24) is 0 Å². The first-order chi connectivity index (χ1) is 40.0. The predicted molar refractivity (Wildman–Crippen MR) is 412 cm³/mol. The zero-order valence-corrected chi connectivity index (χ0v) is 69.3. The molecule has 6 aromatic rings. The molecule has 6 aromatic carbocycles. The van der Waals surface area contributed by atoms with Gasteiger partial charge in [0.1, 0.15) is 0 Å². The molecule has 0 amide bonds. The third kappa shape index (κ3) is 16.0. The van der Waals surface area contributed by atoms with Crippen LogP contribution in [-0.2, 0) is 75.1 Å². The molecule has 0 saturated heterocycles. The molecule has 0 N–H and O–H groups in total. The Morgan fingerprint density at radius 3 is 0.278 bits per heavy atom. The number of rotatable bonds is 9. The third-order valence-electron chi connectivity index (χ3n) is 19.4. The molecule has 0 aliphatic rings. The maximum atomic E-state index is 5.40. The largest absolute Gasteiger partial charge is 0.159 e. The molecule has 492 valence electrons. The van der Waals surface area contributed by atoms with Crippen LogP contribution in [0.15, 0.2) is 109 Å². The SMILES string of the molecule is CC(C)(C)c1cc(C(C)(C)C)cc(C(c2cc(C(C)(C)C)cc(C(C)(C)C)c2)(c2cc(C(C)(C)C)cc(C(C)(C)C)c2)[Si](Br)[Si](Br)C(c2cc(C(C)(C)C)cc(C(C)(C)C)c2)(c2cc(C(C)(C)C)cc(C(C)(C)C)c2)c2cc(C(C)(C)C)cc(C(C)(C)C)c2)c1. The molecule has 0 atom stereocenters. The van der Waals surface area contributed by atoms with Gasteiger partial charge in [-0.15, -0.1) is 30.6 Å². The van der Waals surface area contributed by atoms with E-state index in [9.17, 15) is 0 Å². The van der Waals surface area contributed by atoms with Crippen molar-refractivity contribution in [2.45, 2.75) is 324 Å². The normalized spacial score (nSPS) is 14.5. The van der Waals surface area contributed by atoms with Crippen LogP contribution in [0.4, 0.5) is 0 Å². The number of benzene rings is 6. The summed E-state index contributed by atoms with van der Waals surface area (Å²) in [5.74, 6) is 0. The van der Waals surface area contributed by atoms with Crippen molar-refractivity contribution in [3.05, 3.63) is 209 Å². The minimum atomic E-state index is -2.14. The lowest BCUT2D eigenvalue weighted by atomic mass is 9.71. The second-order valence-electron chi connectivity index (χ2n) is 39.9. The molecule has 0 fully saturated rings. The Labute approximate surface area is 573 Å². The van der Waals surface area contributed by atoms with E-state index in [2.05, 4.69) is 358 Å². The van der Waals surface area contributed by atoms with Crippen LogP contribution < -0.4 is 0 Å². The molecule has 0 bridgehead atoms. The fourth-order valence-electron chi connectivity index (χ4n) is 12.4. The molecule has 0 nitrogen and oxygen atoms in total. The van der Waals surface area contributed by atoms with Crippen LogP contribution in [0.1, 0.15) is 349 Å². The molecule has 0 aliphatic heterocycles. The molecule has 6 rings (SSSR count). The minimum absolute atomic E-state index is 0.162. The van der Waals surface area contributed by atoms with Gasteiger partial charge >= 0.3 is 0 Å². The van der Waals surface area contributed by atoms with Gasteiger partial charge in [0.25, 0.3) is 0 Å². The number of halogens is 2. The van der Waals surface area contributed by atoms with Crippen molar-refractivity contribution >= 4 is 44.5 Å². The van der Waals surface area contributed by atoms with E-state index in [-0.39, 0.29) is 65.0 Å². The highest BCUT2D eigenvalue weighted by Crippen LogP contribution is 2.57. The van der Waals surface area contributed by atoms with Crippen molar-refractivity contribution in [1.29, 1.82) is 0 Å². The zero-order valence-electron chi connectivity index (χ0n) is 64.1. The Hall–Kier alpha value is -3.29. The zero-order chi connectivity index (χ0) is 69.3. The summed E-state index contributed by atoms with van der Waals surface area (Å²) in [6.45, 7) is 83.2. The van der Waals surface area contributed by atoms with E-state index in [1.165, 1.54) is 100 Å². The first-order valence-corrected chi connectivity index (χ1v) is 42.5. The van der Waals surface area contributed by atoms with Crippen molar-refractivity contribution in [2.24, 2.45) is 0 Å². The molecule has 0 aliphatic carbocycles. The van der Waals surface area contributed by atoms with E-state index in [4.69, 9.17) is 30.6 Å². The fraction of sp³-hybridized carbons (Fsp3) is 0.581. The number of hydrogen-bond acceptors (Lipinski definition) is 0. The monoisotopic (exact) mass is 1370 g/mol. The van der Waals surface area contributed by atoms with Gasteiger partial charge in [0.15, 0.2) is 13.9 Å². The summed E-state index contributed by atoms with van der Waals surface area (Å²) in [6.07, 6.45) is 0. The van der Waals surface area contributed by atoms with E-state index >= 15 is 0 Å². The quantitative estimate of drug-likeness (QED) is 0.0769. The first-order valence-electron chi connectivity index (χ1n) is 34.0. The second-order valence-corrected chi connectivity index (χ2v) is 54.8. The van der Waals surface area contributed by atoms with E-state index < -0.39 is 23.9 Å². The summed E-state index contributed by atoms with van der Waals surface area (Å²) < 4.78 is 0. The molecule has 90 heavy (non-hydrogen) atoms. The van der Waals surface area contributed by atoms with Crippen molar-refractivity contribution in [2.75, 3.05) is 0 Å². The Bertz CT molecular complexity index is 2770. The van der Waals surface area contributed by atoms with Crippen LogP contribution in [0.2, 0.25) is 0 Å². The van der Waals surface area contributed by atoms with E-state index in [1.807, 2.05) is 0 Å². The Balaban J connectivity index is 2.24. The van der Waals surface area contributed by atoms with Crippen LogP contribution in [-0.4, -0.2) is 13.9 Å². The lowest BCUT2D eigenvalue weighted by Gasteiger charge is -2.49. The van der Waals surface area contributed by atoms with Gasteiger partial charge in [-0.05, 0) is 165 Å². The van der Waals surface area contributed by atoms with Gasteiger partial charge < -0.3 is 0 Å². The fourth-order valence-corrected chi connectivity index (χ4v) is 29.4.